The molecule has 0 spiro atoms. The van der Waals surface area contributed by atoms with Gasteiger partial charge in [-0.25, -0.2) is 4.79 Å². The van der Waals surface area contributed by atoms with E-state index >= 15 is 0 Å². The summed E-state index contributed by atoms with van der Waals surface area (Å²) >= 11 is 0. The molecule has 0 aromatic rings. The molecule has 3 N–H and O–H groups in total. The van der Waals surface area contributed by atoms with Gasteiger partial charge < -0.3 is 20.6 Å². The average Bonchev–Trinajstić information content (AvgIpc) is 2.47. The molecule has 0 bridgehead atoms. The van der Waals surface area contributed by atoms with E-state index in [9.17, 15) is 14.4 Å². The highest BCUT2D eigenvalue weighted by Crippen LogP contribution is 2.17. The first-order valence-corrected chi connectivity index (χ1v) is 7.99. The van der Waals surface area contributed by atoms with Crippen LogP contribution < -0.4 is 10.6 Å². The van der Waals surface area contributed by atoms with Crippen molar-refractivity contribution in [2.24, 2.45) is 5.92 Å². The first kappa shape index (κ1) is 18.3. The number of carboxylic acids is 1. The van der Waals surface area contributed by atoms with Crippen LogP contribution in [0.5, 0.6) is 0 Å². The number of aliphatic carboxylic acids is 1. The predicted molar refractivity (Wildman–Crippen MR) is 82.5 cm³/mol. The van der Waals surface area contributed by atoms with Gasteiger partial charge in [-0.3, -0.25) is 9.59 Å². The Labute approximate surface area is 131 Å². The summed E-state index contributed by atoms with van der Waals surface area (Å²) in [7, 11) is 0. The van der Waals surface area contributed by atoms with Gasteiger partial charge in [-0.15, -0.1) is 0 Å². The fraction of sp³-hybridized carbons (Fsp3) is 0.800. The molecule has 1 fully saturated rings. The number of piperidine rings is 1. The third kappa shape index (κ3) is 6.32. The lowest BCUT2D eigenvalue weighted by atomic mass is 9.97. The minimum absolute atomic E-state index is 0.00369. The summed E-state index contributed by atoms with van der Waals surface area (Å²) in [5.41, 5.74) is 0. The summed E-state index contributed by atoms with van der Waals surface area (Å²) in [5, 5.41) is 14.1. The van der Waals surface area contributed by atoms with Gasteiger partial charge >= 0.3 is 12.0 Å². The Kier molecular flexibility index (Phi) is 7.70. The zero-order valence-electron chi connectivity index (χ0n) is 13.4. The molecule has 0 aliphatic carbocycles. The van der Waals surface area contributed by atoms with E-state index in [0.29, 0.717) is 13.1 Å². The summed E-state index contributed by atoms with van der Waals surface area (Å²) in [5.74, 6) is -1.12. The number of amides is 3. The third-order valence-electron chi connectivity index (χ3n) is 3.80. The lowest BCUT2D eigenvalue weighted by Gasteiger charge is -2.32. The predicted octanol–water partition coefficient (Wildman–Crippen LogP) is 1.19. The highest BCUT2D eigenvalue weighted by atomic mass is 16.4. The first-order chi connectivity index (χ1) is 10.4. The van der Waals surface area contributed by atoms with E-state index in [-0.39, 0.29) is 36.9 Å². The van der Waals surface area contributed by atoms with Gasteiger partial charge in [0.15, 0.2) is 0 Å². The molecule has 0 saturated carbocycles. The second-order valence-corrected chi connectivity index (χ2v) is 5.86. The number of nitrogens with zero attached hydrogens (tertiary/aromatic N) is 1. The van der Waals surface area contributed by atoms with Crippen molar-refractivity contribution >= 4 is 17.9 Å². The molecule has 1 saturated heterocycles. The maximum Gasteiger partial charge on any atom is 0.317 e. The Morgan fingerprint density at radius 2 is 2.09 bits per heavy atom. The van der Waals surface area contributed by atoms with Gasteiger partial charge in [0, 0.05) is 25.7 Å². The van der Waals surface area contributed by atoms with Gasteiger partial charge in [-0.1, -0.05) is 13.3 Å². The molecular formula is C15H27N3O4. The molecule has 1 aliphatic rings. The van der Waals surface area contributed by atoms with Crippen molar-refractivity contribution in [2.45, 2.75) is 52.0 Å². The molecule has 0 aromatic heterocycles. The Morgan fingerprint density at radius 1 is 1.36 bits per heavy atom. The van der Waals surface area contributed by atoms with Crippen LogP contribution in [-0.4, -0.2) is 53.6 Å². The standard InChI is InChI=1S/C15H27N3O4/c1-3-5-11(2)17-14(21)12-6-4-9-18(10-12)15(22)16-8-7-13(19)20/h11-12H,3-10H2,1-2H3,(H,16,22)(H,17,21)(H,19,20). The van der Waals surface area contributed by atoms with Crippen molar-refractivity contribution in [1.82, 2.24) is 15.5 Å². The van der Waals surface area contributed by atoms with Gasteiger partial charge in [0.05, 0.1) is 12.3 Å². The molecule has 7 heteroatoms. The highest BCUT2D eigenvalue weighted by Gasteiger charge is 2.28. The van der Waals surface area contributed by atoms with Gasteiger partial charge in [-0.05, 0) is 26.2 Å². The molecule has 1 aliphatic heterocycles. The average molecular weight is 313 g/mol. The minimum atomic E-state index is -0.943. The summed E-state index contributed by atoms with van der Waals surface area (Å²) in [6.07, 6.45) is 3.43. The molecule has 2 unspecified atom stereocenters. The number of rotatable bonds is 7. The molecule has 1 heterocycles. The molecule has 1 rings (SSSR count). The molecular weight excluding hydrogens is 286 g/mol. The quantitative estimate of drug-likeness (QED) is 0.657. The number of carbonyl (C=O) groups excluding carboxylic acids is 2. The topological polar surface area (TPSA) is 98.7 Å². The SMILES string of the molecule is CCCC(C)NC(=O)C1CCCN(C(=O)NCCC(=O)O)C1. The second kappa shape index (κ2) is 9.27. The van der Waals surface area contributed by atoms with Crippen molar-refractivity contribution in [3.63, 3.8) is 0 Å². The number of likely N-dealkylation sites (tertiary alicyclic amines) is 1. The maximum atomic E-state index is 12.2. The lowest BCUT2D eigenvalue weighted by Crippen LogP contribution is -2.50. The minimum Gasteiger partial charge on any atom is -0.481 e. The molecule has 3 amide bonds. The van der Waals surface area contributed by atoms with E-state index in [1.54, 1.807) is 4.90 Å². The molecule has 22 heavy (non-hydrogen) atoms. The van der Waals surface area contributed by atoms with Crippen LogP contribution in [0.1, 0.15) is 46.0 Å². The van der Waals surface area contributed by atoms with Crippen molar-refractivity contribution in [1.29, 1.82) is 0 Å². The van der Waals surface area contributed by atoms with Gasteiger partial charge in [0.25, 0.3) is 0 Å². The van der Waals surface area contributed by atoms with Crippen LogP contribution in [0, 0.1) is 5.92 Å². The molecule has 7 nitrogen and oxygen atoms in total. The largest absolute Gasteiger partial charge is 0.481 e. The van der Waals surface area contributed by atoms with E-state index in [2.05, 4.69) is 17.6 Å². The van der Waals surface area contributed by atoms with E-state index in [1.807, 2.05) is 6.92 Å². The van der Waals surface area contributed by atoms with Crippen molar-refractivity contribution < 1.29 is 19.5 Å². The van der Waals surface area contributed by atoms with Crippen LogP contribution in [0.25, 0.3) is 0 Å². The van der Waals surface area contributed by atoms with Crippen LogP contribution in [0.4, 0.5) is 4.79 Å². The molecule has 126 valence electrons. The summed E-state index contributed by atoms with van der Waals surface area (Å²) < 4.78 is 0. The van der Waals surface area contributed by atoms with E-state index in [0.717, 1.165) is 25.7 Å². The van der Waals surface area contributed by atoms with Crippen LogP contribution in [-0.2, 0) is 9.59 Å². The van der Waals surface area contributed by atoms with Crippen LogP contribution in [0.2, 0.25) is 0 Å². The molecule has 0 aromatic carbocycles. The van der Waals surface area contributed by atoms with Crippen molar-refractivity contribution in [3.8, 4) is 0 Å². The normalized spacial score (nSPS) is 19.4. The number of hydrogen-bond donors (Lipinski definition) is 3. The zero-order chi connectivity index (χ0) is 16.5. The monoisotopic (exact) mass is 313 g/mol. The lowest BCUT2D eigenvalue weighted by molar-refractivity contribution is -0.136. The summed E-state index contributed by atoms with van der Waals surface area (Å²) in [4.78, 5) is 36.2. The second-order valence-electron chi connectivity index (χ2n) is 5.86. The number of carboxylic acid groups (broad SMARTS) is 1. The van der Waals surface area contributed by atoms with Crippen molar-refractivity contribution in [3.05, 3.63) is 0 Å². The third-order valence-corrected chi connectivity index (χ3v) is 3.80. The number of nitrogens with one attached hydrogen (secondary N) is 2. The smallest absolute Gasteiger partial charge is 0.317 e. The van der Waals surface area contributed by atoms with Crippen LogP contribution in [0.15, 0.2) is 0 Å². The van der Waals surface area contributed by atoms with Crippen LogP contribution in [0.3, 0.4) is 0 Å². The Morgan fingerprint density at radius 3 is 2.73 bits per heavy atom. The zero-order valence-corrected chi connectivity index (χ0v) is 13.4. The van der Waals surface area contributed by atoms with E-state index in [1.165, 1.54) is 0 Å². The van der Waals surface area contributed by atoms with E-state index in [4.69, 9.17) is 5.11 Å². The van der Waals surface area contributed by atoms with E-state index < -0.39 is 5.97 Å². The van der Waals surface area contributed by atoms with Gasteiger partial charge in [-0.2, -0.15) is 0 Å². The maximum absolute atomic E-state index is 12.2. The first-order valence-electron chi connectivity index (χ1n) is 7.99. The molecule has 2 atom stereocenters. The van der Waals surface area contributed by atoms with Gasteiger partial charge in [0.1, 0.15) is 0 Å². The Balaban J connectivity index is 2.41. The fourth-order valence-electron chi connectivity index (χ4n) is 2.63. The Bertz CT molecular complexity index is 400. The summed E-state index contributed by atoms with van der Waals surface area (Å²) in [6.45, 7) is 5.17. The van der Waals surface area contributed by atoms with Gasteiger partial charge in [0.2, 0.25) is 5.91 Å². The summed E-state index contributed by atoms with van der Waals surface area (Å²) in [6, 6.07) is -0.141. The molecule has 0 radical (unpaired) electrons. The van der Waals surface area contributed by atoms with Crippen molar-refractivity contribution in [2.75, 3.05) is 19.6 Å². The fourth-order valence-corrected chi connectivity index (χ4v) is 2.63. The number of carbonyl (C=O) groups is 3. The number of urea groups is 1. The highest BCUT2D eigenvalue weighted by molar-refractivity contribution is 5.81. The Hall–Kier alpha value is -1.79. The number of hydrogen-bond acceptors (Lipinski definition) is 3. The van der Waals surface area contributed by atoms with Crippen LogP contribution >= 0.6 is 0 Å².